The van der Waals surface area contributed by atoms with Gasteiger partial charge >= 0.3 is 0 Å². The highest BCUT2D eigenvalue weighted by molar-refractivity contribution is 5.81. The van der Waals surface area contributed by atoms with Gasteiger partial charge < -0.3 is 10.2 Å². The van der Waals surface area contributed by atoms with Crippen LogP contribution in [-0.2, 0) is 0 Å². The number of fused-ring (bicyclic) bond motifs is 1. The molecule has 0 atom stereocenters. The number of piperidine rings is 1. The van der Waals surface area contributed by atoms with Gasteiger partial charge in [0.2, 0.25) is 0 Å². The van der Waals surface area contributed by atoms with E-state index in [9.17, 15) is 0 Å². The smallest absolute Gasteiger partial charge is 0.129 e. The van der Waals surface area contributed by atoms with Crippen molar-refractivity contribution in [1.29, 1.82) is 0 Å². The highest BCUT2D eigenvalue weighted by Crippen LogP contribution is 2.22. The standard InChI is InChI=1S/C18H25N3/c1-3-21-10-8-15(9-11-21)13-19-18-14(2)12-16-6-4-5-7-17(16)20-18/h4-7,12,15H,3,8-11,13H2,1-2H3,(H,19,20). The van der Waals surface area contributed by atoms with Crippen molar-refractivity contribution in [2.24, 2.45) is 5.92 Å². The van der Waals surface area contributed by atoms with Crippen molar-refractivity contribution >= 4 is 16.7 Å². The molecule has 0 bridgehead atoms. The average Bonchev–Trinajstić information content (AvgIpc) is 2.53. The summed E-state index contributed by atoms with van der Waals surface area (Å²) in [5, 5.41) is 4.80. The molecule has 1 aromatic carbocycles. The number of aryl methyl sites for hydroxylation is 1. The Morgan fingerprint density at radius 1 is 1.24 bits per heavy atom. The van der Waals surface area contributed by atoms with Gasteiger partial charge in [-0.05, 0) is 63.0 Å². The molecule has 0 aliphatic carbocycles. The van der Waals surface area contributed by atoms with Crippen LogP contribution in [0.15, 0.2) is 30.3 Å². The molecule has 0 spiro atoms. The second-order valence-electron chi connectivity index (χ2n) is 6.11. The normalized spacial score (nSPS) is 17.2. The van der Waals surface area contributed by atoms with E-state index in [1.807, 2.05) is 0 Å². The van der Waals surface area contributed by atoms with Gasteiger partial charge in [0, 0.05) is 11.9 Å². The Bertz CT molecular complexity index is 600. The molecule has 1 N–H and O–H groups in total. The Labute approximate surface area is 127 Å². The van der Waals surface area contributed by atoms with Crippen molar-refractivity contribution in [1.82, 2.24) is 9.88 Å². The fourth-order valence-electron chi connectivity index (χ4n) is 3.15. The van der Waals surface area contributed by atoms with Gasteiger partial charge in [-0.3, -0.25) is 0 Å². The average molecular weight is 283 g/mol. The van der Waals surface area contributed by atoms with Gasteiger partial charge in [-0.1, -0.05) is 25.1 Å². The molecular formula is C18H25N3. The first-order valence-electron chi connectivity index (χ1n) is 8.09. The Morgan fingerprint density at radius 2 is 2.00 bits per heavy atom. The lowest BCUT2D eigenvalue weighted by atomic mass is 9.97. The van der Waals surface area contributed by atoms with Crippen molar-refractivity contribution in [2.75, 3.05) is 31.5 Å². The Hall–Kier alpha value is -1.61. The summed E-state index contributed by atoms with van der Waals surface area (Å²) >= 11 is 0. The molecule has 0 radical (unpaired) electrons. The quantitative estimate of drug-likeness (QED) is 0.927. The molecule has 3 heteroatoms. The summed E-state index contributed by atoms with van der Waals surface area (Å²) in [5.74, 6) is 1.83. The summed E-state index contributed by atoms with van der Waals surface area (Å²) in [6.07, 6.45) is 2.60. The van der Waals surface area contributed by atoms with Crippen LogP contribution in [0.2, 0.25) is 0 Å². The molecule has 3 nitrogen and oxygen atoms in total. The number of nitrogens with zero attached hydrogens (tertiary/aromatic N) is 2. The van der Waals surface area contributed by atoms with E-state index in [0.29, 0.717) is 0 Å². The van der Waals surface area contributed by atoms with E-state index in [-0.39, 0.29) is 0 Å². The minimum atomic E-state index is 0.778. The largest absolute Gasteiger partial charge is 0.370 e. The predicted molar refractivity (Wildman–Crippen MR) is 89.8 cm³/mol. The number of benzene rings is 1. The topological polar surface area (TPSA) is 28.2 Å². The first-order chi connectivity index (χ1) is 10.3. The number of hydrogen-bond acceptors (Lipinski definition) is 3. The second-order valence-corrected chi connectivity index (χ2v) is 6.11. The van der Waals surface area contributed by atoms with Gasteiger partial charge in [0.05, 0.1) is 5.52 Å². The highest BCUT2D eigenvalue weighted by Gasteiger charge is 2.18. The number of likely N-dealkylation sites (tertiary alicyclic amines) is 1. The Kier molecular flexibility index (Phi) is 4.39. The van der Waals surface area contributed by atoms with E-state index in [2.05, 4.69) is 54.4 Å². The SMILES string of the molecule is CCN1CCC(CNc2nc3ccccc3cc2C)CC1. The minimum Gasteiger partial charge on any atom is -0.370 e. The molecule has 1 aromatic heterocycles. The Morgan fingerprint density at radius 3 is 2.76 bits per heavy atom. The van der Waals surface area contributed by atoms with Crippen molar-refractivity contribution in [3.05, 3.63) is 35.9 Å². The first-order valence-corrected chi connectivity index (χ1v) is 8.09. The summed E-state index contributed by atoms with van der Waals surface area (Å²) in [4.78, 5) is 7.31. The van der Waals surface area contributed by atoms with Crippen LogP contribution in [0.5, 0.6) is 0 Å². The maximum atomic E-state index is 4.77. The third kappa shape index (κ3) is 3.35. The van der Waals surface area contributed by atoms with Crippen LogP contribution in [0.1, 0.15) is 25.3 Å². The predicted octanol–water partition coefficient (Wildman–Crippen LogP) is 3.69. The summed E-state index contributed by atoms with van der Waals surface area (Å²) in [6, 6.07) is 10.6. The molecule has 1 saturated heterocycles. The van der Waals surface area contributed by atoms with Gasteiger partial charge in [0.1, 0.15) is 5.82 Å². The lowest BCUT2D eigenvalue weighted by Crippen LogP contribution is -2.35. The number of nitrogens with one attached hydrogen (secondary N) is 1. The third-order valence-corrected chi connectivity index (χ3v) is 4.63. The maximum absolute atomic E-state index is 4.77. The van der Waals surface area contributed by atoms with E-state index in [1.54, 1.807) is 0 Å². The third-order valence-electron chi connectivity index (χ3n) is 4.63. The number of anilines is 1. The van der Waals surface area contributed by atoms with Gasteiger partial charge in [-0.25, -0.2) is 4.98 Å². The van der Waals surface area contributed by atoms with E-state index >= 15 is 0 Å². The first kappa shape index (κ1) is 14.3. The van der Waals surface area contributed by atoms with Gasteiger partial charge in [-0.15, -0.1) is 0 Å². The lowest BCUT2D eigenvalue weighted by Gasteiger charge is -2.31. The summed E-state index contributed by atoms with van der Waals surface area (Å²) in [6.45, 7) is 9.11. The van der Waals surface area contributed by atoms with Crippen LogP contribution < -0.4 is 5.32 Å². The number of rotatable bonds is 4. The number of para-hydroxylation sites is 1. The van der Waals surface area contributed by atoms with Crippen LogP contribution in [0.3, 0.4) is 0 Å². The lowest BCUT2D eigenvalue weighted by molar-refractivity contribution is 0.198. The molecule has 1 aliphatic rings. The molecule has 0 saturated carbocycles. The van der Waals surface area contributed by atoms with Crippen LogP contribution in [-0.4, -0.2) is 36.1 Å². The van der Waals surface area contributed by atoms with Crippen molar-refractivity contribution in [3.8, 4) is 0 Å². The summed E-state index contributed by atoms with van der Waals surface area (Å²) < 4.78 is 0. The zero-order valence-electron chi connectivity index (χ0n) is 13.1. The fraction of sp³-hybridized carbons (Fsp3) is 0.500. The van der Waals surface area contributed by atoms with E-state index < -0.39 is 0 Å². The molecule has 1 fully saturated rings. The fourth-order valence-corrected chi connectivity index (χ4v) is 3.15. The molecule has 21 heavy (non-hydrogen) atoms. The van der Waals surface area contributed by atoms with Gasteiger partial charge in [0.25, 0.3) is 0 Å². The zero-order valence-corrected chi connectivity index (χ0v) is 13.1. The van der Waals surface area contributed by atoms with Gasteiger partial charge in [0.15, 0.2) is 0 Å². The van der Waals surface area contributed by atoms with Crippen molar-refractivity contribution in [2.45, 2.75) is 26.7 Å². The van der Waals surface area contributed by atoms with E-state index in [4.69, 9.17) is 4.98 Å². The van der Waals surface area contributed by atoms with Crippen LogP contribution >= 0.6 is 0 Å². The maximum Gasteiger partial charge on any atom is 0.129 e. The number of pyridine rings is 1. The van der Waals surface area contributed by atoms with Crippen LogP contribution in [0, 0.1) is 12.8 Å². The zero-order chi connectivity index (χ0) is 14.7. The number of hydrogen-bond donors (Lipinski definition) is 1. The van der Waals surface area contributed by atoms with Gasteiger partial charge in [-0.2, -0.15) is 0 Å². The molecule has 2 aromatic rings. The van der Waals surface area contributed by atoms with Crippen LogP contribution in [0.4, 0.5) is 5.82 Å². The molecule has 0 unspecified atom stereocenters. The summed E-state index contributed by atoms with van der Waals surface area (Å²) in [7, 11) is 0. The Balaban J connectivity index is 1.64. The van der Waals surface area contributed by atoms with E-state index in [1.165, 1.54) is 43.4 Å². The molecule has 112 valence electrons. The van der Waals surface area contributed by atoms with Crippen molar-refractivity contribution < 1.29 is 0 Å². The molecule has 0 amide bonds. The second kappa shape index (κ2) is 6.44. The molecule has 1 aliphatic heterocycles. The highest BCUT2D eigenvalue weighted by atomic mass is 15.1. The molecule has 3 rings (SSSR count). The van der Waals surface area contributed by atoms with Crippen LogP contribution in [0.25, 0.3) is 10.9 Å². The summed E-state index contributed by atoms with van der Waals surface area (Å²) in [5.41, 5.74) is 2.31. The monoisotopic (exact) mass is 283 g/mol. The molecular weight excluding hydrogens is 258 g/mol. The minimum absolute atomic E-state index is 0.778. The van der Waals surface area contributed by atoms with Crippen molar-refractivity contribution in [3.63, 3.8) is 0 Å². The molecule has 2 heterocycles. The number of aromatic nitrogens is 1. The van der Waals surface area contributed by atoms with E-state index in [0.717, 1.165) is 23.8 Å².